The summed E-state index contributed by atoms with van der Waals surface area (Å²) in [7, 11) is 0. The first-order chi connectivity index (χ1) is 9.74. The molecule has 0 radical (unpaired) electrons. The Morgan fingerprint density at radius 1 is 1.15 bits per heavy atom. The molecule has 3 nitrogen and oxygen atoms in total. The first-order valence-electron chi connectivity index (χ1n) is 6.55. The van der Waals surface area contributed by atoms with Crippen LogP contribution in [0.4, 0.5) is 0 Å². The number of hydrogen-bond donors (Lipinski definition) is 0. The average molecular weight is 331 g/mol. The molecule has 0 fully saturated rings. The minimum Gasteiger partial charge on any atom is -0.493 e. The molecule has 0 spiro atoms. The lowest BCUT2D eigenvalue weighted by Gasteiger charge is -2.06. The van der Waals surface area contributed by atoms with E-state index in [-0.39, 0.29) is 0 Å². The van der Waals surface area contributed by atoms with Gasteiger partial charge in [0.05, 0.1) is 12.1 Å². The Morgan fingerprint density at radius 2 is 1.95 bits per heavy atom. The summed E-state index contributed by atoms with van der Waals surface area (Å²) >= 11 is 3.49. The van der Waals surface area contributed by atoms with Crippen LogP contribution in [-0.4, -0.2) is 16.0 Å². The summed E-state index contributed by atoms with van der Waals surface area (Å²) < 4.78 is 8.72. The fourth-order valence-electron chi connectivity index (χ4n) is 2.13. The van der Waals surface area contributed by atoms with E-state index in [0.29, 0.717) is 6.61 Å². The third kappa shape index (κ3) is 2.70. The van der Waals surface area contributed by atoms with Crippen molar-refractivity contribution in [2.75, 3.05) is 6.61 Å². The van der Waals surface area contributed by atoms with Crippen molar-refractivity contribution in [1.82, 2.24) is 9.38 Å². The highest BCUT2D eigenvalue weighted by Crippen LogP contribution is 2.19. The van der Waals surface area contributed by atoms with Gasteiger partial charge in [-0.2, -0.15) is 0 Å². The lowest BCUT2D eigenvalue weighted by molar-refractivity contribution is 0.318. The Bertz CT molecular complexity index is 719. The largest absolute Gasteiger partial charge is 0.493 e. The van der Waals surface area contributed by atoms with Crippen molar-refractivity contribution in [3.05, 3.63) is 64.7 Å². The summed E-state index contributed by atoms with van der Waals surface area (Å²) in [5, 5.41) is 0. The molecule has 4 heteroatoms. The molecular weight excluding hydrogens is 316 g/mol. The van der Waals surface area contributed by atoms with Crippen molar-refractivity contribution in [2.24, 2.45) is 0 Å². The second kappa shape index (κ2) is 5.67. The van der Waals surface area contributed by atoms with E-state index in [0.717, 1.165) is 28.1 Å². The van der Waals surface area contributed by atoms with Gasteiger partial charge in [-0.3, -0.25) is 0 Å². The number of benzene rings is 1. The Labute approximate surface area is 126 Å². The van der Waals surface area contributed by atoms with E-state index in [2.05, 4.69) is 44.4 Å². The van der Waals surface area contributed by atoms with Crippen LogP contribution in [0.1, 0.15) is 11.4 Å². The van der Waals surface area contributed by atoms with E-state index in [1.54, 1.807) is 0 Å². The van der Waals surface area contributed by atoms with Crippen LogP contribution in [0.5, 0.6) is 5.75 Å². The van der Waals surface area contributed by atoms with Gasteiger partial charge in [0.15, 0.2) is 0 Å². The summed E-state index contributed by atoms with van der Waals surface area (Å²) in [6.45, 7) is 2.68. The number of pyridine rings is 1. The highest BCUT2D eigenvalue weighted by atomic mass is 79.9. The van der Waals surface area contributed by atoms with Gasteiger partial charge in [-0.15, -0.1) is 0 Å². The van der Waals surface area contributed by atoms with Gasteiger partial charge in [0.2, 0.25) is 0 Å². The lowest BCUT2D eigenvalue weighted by atomic mass is 10.2. The molecule has 0 unspecified atom stereocenters. The predicted molar refractivity (Wildman–Crippen MR) is 83.3 cm³/mol. The maximum atomic E-state index is 5.75. The SMILES string of the molecule is Cc1ccc(OCCc2nc(Br)c3ccccn23)cc1. The van der Waals surface area contributed by atoms with Crippen LogP contribution < -0.4 is 4.74 Å². The van der Waals surface area contributed by atoms with Crippen LogP contribution in [0.15, 0.2) is 53.3 Å². The molecule has 0 atom stereocenters. The summed E-state index contributed by atoms with van der Waals surface area (Å²) in [5.74, 6) is 1.90. The highest BCUT2D eigenvalue weighted by Gasteiger charge is 2.08. The van der Waals surface area contributed by atoms with Crippen molar-refractivity contribution in [3.8, 4) is 5.75 Å². The fourth-order valence-corrected chi connectivity index (χ4v) is 2.66. The van der Waals surface area contributed by atoms with E-state index in [4.69, 9.17) is 4.74 Å². The molecule has 20 heavy (non-hydrogen) atoms. The van der Waals surface area contributed by atoms with Gasteiger partial charge in [0.25, 0.3) is 0 Å². The molecule has 2 heterocycles. The van der Waals surface area contributed by atoms with E-state index in [1.807, 2.05) is 36.5 Å². The maximum absolute atomic E-state index is 5.75. The quantitative estimate of drug-likeness (QED) is 0.722. The number of halogens is 1. The molecule has 0 saturated carbocycles. The van der Waals surface area contributed by atoms with Gasteiger partial charge in [0, 0.05) is 12.6 Å². The fraction of sp³-hybridized carbons (Fsp3) is 0.188. The Morgan fingerprint density at radius 3 is 2.75 bits per heavy atom. The van der Waals surface area contributed by atoms with Crippen molar-refractivity contribution in [2.45, 2.75) is 13.3 Å². The zero-order valence-corrected chi connectivity index (χ0v) is 12.8. The average Bonchev–Trinajstić information content (AvgIpc) is 2.79. The van der Waals surface area contributed by atoms with Gasteiger partial charge in [-0.1, -0.05) is 23.8 Å². The van der Waals surface area contributed by atoms with Crippen molar-refractivity contribution in [1.29, 1.82) is 0 Å². The topological polar surface area (TPSA) is 26.5 Å². The van der Waals surface area contributed by atoms with Gasteiger partial charge >= 0.3 is 0 Å². The minimum atomic E-state index is 0.615. The third-order valence-electron chi connectivity index (χ3n) is 3.19. The standard InChI is InChI=1S/C16H15BrN2O/c1-12-5-7-13(8-6-12)20-11-9-15-18-16(17)14-4-2-3-10-19(14)15/h2-8,10H,9,11H2,1H3. The van der Waals surface area contributed by atoms with Crippen LogP contribution in [0.25, 0.3) is 5.52 Å². The molecule has 0 aliphatic carbocycles. The van der Waals surface area contributed by atoms with E-state index in [9.17, 15) is 0 Å². The highest BCUT2D eigenvalue weighted by molar-refractivity contribution is 9.10. The molecule has 0 bridgehead atoms. The molecular formula is C16H15BrN2O. The van der Waals surface area contributed by atoms with E-state index < -0.39 is 0 Å². The van der Waals surface area contributed by atoms with E-state index >= 15 is 0 Å². The number of fused-ring (bicyclic) bond motifs is 1. The summed E-state index contributed by atoms with van der Waals surface area (Å²) in [6, 6.07) is 14.2. The summed E-state index contributed by atoms with van der Waals surface area (Å²) in [4.78, 5) is 4.53. The Hall–Kier alpha value is -1.81. The second-order valence-electron chi connectivity index (χ2n) is 4.69. The van der Waals surface area contributed by atoms with Gasteiger partial charge < -0.3 is 9.14 Å². The van der Waals surface area contributed by atoms with E-state index in [1.165, 1.54) is 5.56 Å². The molecule has 0 aliphatic heterocycles. The number of nitrogens with zero attached hydrogens (tertiary/aromatic N) is 2. The first kappa shape index (κ1) is 13.2. The molecule has 3 aromatic rings. The summed E-state index contributed by atoms with van der Waals surface area (Å²) in [6.07, 6.45) is 2.79. The predicted octanol–water partition coefficient (Wildman–Crippen LogP) is 4.03. The van der Waals surface area contributed by atoms with Crippen LogP contribution in [0.2, 0.25) is 0 Å². The van der Waals surface area contributed by atoms with Crippen molar-refractivity contribution >= 4 is 21.4 Å². The zero-order chi connectivity index (χ0) is 13.9. The van der Waals surface area contributed by atoms with Crippen LogP contribution >= 0.6 is 15.9 Å². The monoisotopic (exact) mass is 330 g/mol. The normalized spacial score (nSPS) is 10.9. The molecule has 102 valence electrons. The molecule has 0 saturated heterocycles. The van der Waals surface area contributed by atoms with Crippen LogP contribution in [0.3, 0.4) is 0 Å². The minimum absolute atomic E-state index is 0.615. The molecule has 1 aromatic carbocycles. The Balaban J connectivity index is 1.70. The van der Waals surface area contributed by atoms with Crippen molar-refractivity contribution < 1.29 is 4.74 Å². The van der Waals surface area contributed by atoms with Crippen molar-refractivity contribution in [3.63, 3.8) is 0 Å². The third-order valence-corrected chi connectivity index (χ3v) is 3.78. The number of imidazole rings is 1. The molecule has 0 N–H and O–H groups in total. The number of ether oxygens (including phenoxy) is 1. The lowest BCUT2D eigenvalue weighted by Crippen LogP contribution is -2.04. The number of rotatable bonds is 4. The van der Waals surface area contributed by atoms with Crippen LogP contribution in [0, 0.1) is 6.92 Å². The first-order valence-corrected chi connectivity index (χ1v) is 7.34. The zero-order valence-electron chi connectivity index (χ0n) is 11.2. The number of hydrogen-bond acceptors (Lipinski definition) is 2. The maximum Gasteiger partial charge on any atom is 0.132 e. The van der Waals surface area contributed by atoms with Gasteiger partial charge in [-0.25, -0.2) is 4.98 Å². The van der Waals surface area contributed by atoms with Gasteiger partial charge in [-0.05, 0) is 47.1 Å². The smallest absolute Gasteiger partial charge is 0.132 e. The molecule has 0 amide bonds. The Kier molecular flexibility index (Phi) is 3.74. The molecule has 2 aromatic heterocycles. The molecule has 3 rings (SSSR count). The summed E-state index contributed by atoms with van der Waals surface area (Å²) in [5.41, 5.74) is 2.32. The number of aryl methyl sites for hydroxylation is 1. The molecule has 0 aliphatic rings. The van der Waals surface area contributed by atoms with Gasteiger partial charge in [0.1, 0.15) is 16.2 Å². The van der Waals surface area contributed by atoms with Crippen LogP contribution in [-0.2, 0) is 6.42 Å². The number of aromatic nitrogens is 2. The second-order valence-corrected chi connectivity index (χ2v) is 5.44.